The summed E-state index contributed by atoms with van der Waals surface area (Å²) in [5.74, 6) is -0.155. The van der Waals surface area contributed by atoms with Crippen LogP contribution in [0.15, 0.2) is 12.1 Å². The Labute approximate surface area is 83.6 Å². The SMILES string of the molecule is CCc1cc(C2(O)CC2)c(C)cc1F. The van der Waals surface area contributed by atoms with E-state index in [0.29, 0.717) is 12.0 Å². The Kier molecular flexibility index (Phi) is 2.11. The van der Waals surface area contributed by atoms with Crippen LogP contribution in [-0.2, 0) is 12.0 Å². The van der Waals surface area contributed by atoms with Crippen molar-refractivity contribution in [2.75, 3.05) is 0 Å². The van der Waals surface area contributed by atoms with Gasteiger partial charge in [-0.1, -0.05) is 6.92 Å². The average Bonchev–Trinajstić information content (AvgIpc) is 2.85. The van der Waals surface area contributed by atoms with Crippen LogP contribution in [0.25, 0.3) is 0 Å². The average molecular weight is 194 g/mol. The van der Waals surface area contributed by atoms with Gasteiger partial charge in [0.2, 0.25) is 0 Å². The molecule has 1 saturated carbocycles. The highest BCUT2D eigenvalue weighted by molar-refractivity contribution is 5.39. The highest BCUT2D eigenvalue weighted by Crippen LogP contribution is 2.46. The van der Waals surface area contributed by atoms with Crippen LogP contribution in [0.5, 0.6) is 0 Å². The molecule has 1 aliphatic carbocycles. The van der Waals surface area contributed by atoms with Crippen molar-refractivity contribution >= 4 is 0 Å². The zero-order valence-corrected chi connectivity index (χ0v) is 8.60. The van der Waals surface area contributed by atoms with E-state index in [0.717, 1.165) is 24.0 Å². The van der Waals surface area contributed by atoms with Crippen LogP contribution >= 0.6 is 0 Å². The minimum atomic E-state index is -0.651. The number of rotatable bonds is 2. The van der Waals surface area contributed by atoms with E-state index in [2.05, 4.69) is 0 Å². The standard InChI is InChI=1S/C12H15FO/c1-3-9-7-10(12(14)4-5-12)8(2)6-11(9)13/h6-7,14H,3-5H2,1-2H3. The Bertz CT molecular complexity index is 367. The van der Waals surface area contributed by atoms with Crippen LogP contribution in [0.2, 0.25) is 0 Å². The fourth-order valence-electron chi connectivity index (χ4n) is 1.88. The van der Waals surface area contributed by atoms with Gasteiger partial charge in [0, 0.05) is 0 Å². The third-order valence-corrected chi connectivity index (χ3v) is 3.00. The molecule has 76 valence electrons. The molecule has 0 aliphatic heterocycles. The number of aliphatic hydroxyl groups is 1. The maximum Gasteiger partial charge on any atom is 0.126 e. The van der Waals surface area contributed by atoms with Crippen molar-refractivity contribution in [3.05, 3.63) is 34.6 Å². The Balaban J connectivity index is 2.50. The second-order valence-electron chi connectivity index (χ2n) is 4.14. The number of halogens is 1. The van der Waals surface area contributed by atoms with Gasteiger partial charge in [-0.2, -0.15) is 0 Å². The molecule has 1 aromatic carbocycles. The van der Waals surface area contributed by atoms with E-state index in [4.69, 9.17) is 0 Å². The molecule has 0 atom stereocenters. The molecule has 0 aromatic heterocycles. The molecule has 0 heterocycles. The van der Waals surface area contributed by atoms with Crippen molar-refractivity contribution in [2.45, 2.75) is 38.7 Å². The molecule has 1 aliphatic rings. The Morgan fingerprint density at radius 2 is 2.07 bits per heavy atom. The Morgan fingerprint density at radius 1 is 1.43 bits per heavy atom. The molecule has 1 aromatic rings. The summed E-state index contributed by atoms with van der Waals surface area (Å²) in [6.45, 7) is 3.78. The molecular formula is C12H15FO. The topological polar surface area (TPSA) is 20.2 Å². The molecule has 14 heavy (non-hydrogen) atoms. The van der Waals surface area contributed by atoms with E-state index in [1.54, 1.807) is 0 Å². The van der Waals surface area contributed by atoms with Crippen molar-refractivity contribution in [1.82, 2.24) is 0 Å². The first-order chi connectivity index (χ1) is 6.57. The van der Waals surface area contributed by atoms with Gasteiger partial charge in [0.05, 0.1) is 5.60 Å². The molecule has 1 nitrogen and oxygen atoms in total. The zero-order valence-electron chi connectivity index (χ0n) is 8.60. The quantitative estimate of drug-likeness (QED) is 0.767. The number of aryl methyl sites for hydroxylation is 2. The lowest BCUT2D eigenvalue weighted by Crippen LogP contribution is -2.08. The fraction of sp³-hybridized carbons (Fsp3) is 0.500. The largest absolute Gasteiger partial charge is 0.385 e. The summed E-state index contributed by atoms with van der Waals surface area (Å²) < 4.78 is 13.4. The maximum absolute atomic E-state index is 13.4. The third-order valence-electron chi connectivity index (χ3n) is 3.00. The number of hydrogen-bond donors (Lipinski definition) is 1. The molecule has 1 N–H and O–H groups in total. The summed E-state index contributed by atoms with van der Waals surface area (Å²) in [7, 11) is 0. The molecule has 0 radical (unpaired) electrons. The number of benzene rings is 1. The summed E-state index contributed by atoms with van der Waals surface area (Å²) in [6, 6.07) is 3.35. The van der Waals surface area contributed by atoms with Crippen molar-refractivity contribution in [2.24, 2.45) is 0 Å². The van der Waals surface area contributed by atoms with Crippen molar-refractivity contribution < 1.29 is 9.50 Å². The van der Waals surface area contributed by atoms with Crippen LogP contribution in [0, 0.1) is 12.7 Å². The van der Waals surface area contributed by atoms with Gasteiger partial charge >= 0.3 is 0 Å². The van der Waals surface area contributed by atoms with Gasteiger partial charge in [-0.3, -0.25) is 0 Å². The second kappa shape index (κ2) is 3.06. The van der Waals surface area contributed by atoms with E-state index < -0.39 is 5.60 Å². The maximum atomic E-state index is 13.4. The predicted octanol–water partition coefficient (Wildman–Crippen LogP) is 2.68. The fourth-order valence-corrected chi connectivity index (χ4v) is 1.88. The molecule has 0 spiro atoms. The molecule has 1 fully saturated rings. The summed E-state index contributed by atoms with van der Waals surface area (Å²) >= 11 is 0. The summed E-state index contributed by atoms with van der Waals surface area (Å²) in [5.41, 5.74) is 1.82. The van der Waals surface area contributed by atoms with E-state index >= 15 is 0 Å². The van der Waals surface area contributed by atoms with Gasteiger partial charge in [-0.25, -0.2) is 4.39 Å². The first-order valence-corrected chi connectivity index (χ1v) is 5.09. The van der Waals surface area contributed by atoms with Crippen LogP contribution in [0.3, 0.4) is 0 Å². The van der Waals surface area contributed by atoms with Crippen molar-refractivity contribution in [3.8, 4) is 0 Å². The van der Waals surface area contributed by atoms with Gasteiger partial charge in [0.1, 0.15) is 5.82 Å². The summed E-state index contributed by atoms with van der Waals surface area (Å²) in [4.78, 5) is 0. The van der Waals surface area contributed by atoms with Gasteiger partial charge < -0.3 is 5.11 Å². The minimum Gasteiger partial charge on any atom is -0.385 e. The molecule has 0 unspecified atom stereocenters. The van der Waals surface area contributed by atoms with Crippen LogP contribution < -0.4 is 0 Å². The van der Waals surface area contributed by atoms with Crippen molar-refractivity contribution in [1.29, 1.82) is 0 Å². The lowest BCUT2D eigenvalue weighted by Gasteiger charge is -2.13. The van der Waals surface area contributed by atoms with E-state index in [1.165, 1.54) is 6.07 Å². The van der Waals surface area contributed by atoms with Gasteiger partial charge in [0.25, 0.3) is 0 Å². The lowest BCUT2D eigenvalue weighted by atomic mass is 9.97. The van der Waals surface area contributed by atoms with Crippen LogP contribution in [-0.4, -0.2) is 5.11 Å². The Morgan fingerprint density at radius 3 is 2.57 bits per heavy atom. The smallest absolute Gasteiger partial charge is 0.126 e. The Hall–Kier alpha value is -0.890. The predicted molar refractivity (Wildman–Crippen MR) is 53.6 cm³/mol. The normalized spacial score (nSPS) is 18.3. The molecule has 0 bridgehead atoms. The summed E-state index contributed by atoms with van der Waals surface area (Å²) in [5, 5.41) is 9.97. The molecular weight excluding hydrogens is 179 g/mol. The monoisotopic (exact) mass is 194 g/mol. The summed E-state index contributed by atoms with van der Waals surface area (Å²) in [6.07, 6.45) is 2.29. The van der Waals surface area contributed by atoms with E-state index in [9.17, 15) is 9.50 Å². The van der Waals surface area contributed by atoms with Gasteiger partial charge in [-0.15, -0.1) is 0 Å². The molecule has 2 heteroatoms. The number of hydrogen-bond acceptors (Lipinski definition) is 1. The minimum absolute atomic E-state index is 0.155. The van der Waals surface area contributed by atoms with Crippen molar-refractivity contribution in [3.63, 3.8) is 0 Å². The highest BCUT2D eigenvalue weighted by atomic mass is 19.1. The van der Waals surface area contributed by atoms with Gasteiger partial charge in [0.15, 0.2) is 0 Å². The van der Waals surface area contributed by atoms with E-state index in [1.807, 2.05) is 19.9 Å². The van der Waals surface area contributed by atoms with Gasteiger partial charge in [-0.05, 0) is 55.0 Å². The third kappa shape index (κ3) is 1.44. The highest BCUT2D eigenvalue weighted by Gasteiger charge is 2.43. The molecule has 0 saturated heterocycles. The van der Waals surface area contributed by atoms with E-state index in [-0.39, 0.29) is 5.82 Å². The second-order valence-corrected chi connectivity index (χ2v) is 4.14. The zero-order chi connectivity index (χ0) is 10.3. The molecule has 2 rings (SSSR count). The van der Waals surface area contributed by atoms with Crippen LogP contribution in [0.4, 0.5) is 4.39 Å². The first kappa shape index (κ1) is 9.66. The lowest BCUT2D eigenvalue weighted by molar-refractivity contribution is 0.150. The molecule has 0 amide bonds. The first-order valence-electron chi connectivity index (χ1n) is 5.09. The van der Waals surface area contributed by atoms with Crippen LogP contribution in [0.1, 0.15) is 36.5 Å².